The Morgan fingerprint density at radius 3 is 0.920 bits per heavy atom. The van der Waals surface area contributed by atoms with Crippen molar-refractivity contribution >= 4 is 65.7 Å². The highest BCUT2D eigenvalue weighted by Crippen LogP contribution is 2.40. The molecule has 0 unspecified atom stereocenters. The fourth-order valence-corrected chi connectivity index (χ4v) is 8.32. The van der Waals surface area contributed by atoms with E-state index >= 15 is 0 Å². The van der Waals surface area contributed by atoms with Gasteiger partial charge in [0.1, 0.15) is 50.3 Å². The molecular weight excluding hydrogens is 1020 g/mol. The average molecular weight is 1080 g/mol. The third-order valence-corrected chi connectivity index (χ3v) is 10.8. The molecule has 4 aliphatic heterocycles. The molecule has 422 valence electrons. The number of carbonyl (C=O) groups excluding carboxylic acids is 11. The summed E-state index contributed by atoms with van der Waals surface area (Å²) in [5, 5.41) is 11.5. The lowest BCUT2D eigenvalue weighted by molar-refractivity contribution is -0.390. The van der Waals surface area contributed by atoms with E-state index in [0.29, 0.717) is 0 Å². The van der Waals surface area contributed by atoms with Gasteiger partial charge in [-0.3, -0.25) is 52.7 Å². The third-order valence-electron chi connectivity index (χ3n) is 10.8. The first-order valence-electron chi connectivity index (χ1n) is 23.1. The summed E-state index contributed by atoms with van der Waals surface area (Å²) in [4.78, 5) is 137. The predicted octanol–water partition coefficient (Wildman–Crippen LogP) is -1.80. The highest BCUT2D eigenvalue weighted by atomic mass is 16.8. The smallest absolute Gasteiger partial charge is 0.303 e. The van der Waals surface area contributed by atoms with Crippen LogP contribution in [0.15, 0.2) is 0 Å². The van der Waals surface area contributed by atoms with Crippen LogP contribution in [0, 0.1) is 0 Å². The van der Waals surface area contributed by atoms with Crippen molar-refractivity contribution in [3.63, 3.8) is 0 Å². The number of aliphatic hydroxyl groups excluding tert-OH is 1. The first-order chi connectivity index (χ1) is 35.1. The fraction of sp³-hybridized carbons (Fsp3) is 0.756. The van der Waals surface area contributed by atoms with Crippen LogP contribution in [0.25, 0.3) is 0 Å². The summed E-state index contributed by atoms with van der Waals surface area (Å²) in [6, 6.07) is 0. The molecule has 4 rings (SSSR count). The van der Waals surface area contributed by atoms with Gasteiger partial charge < -0.3 is 90.4 Å². The maximum Gasteiger partial charge on any atom is 0.303 e. The Kier molecular flexibility index (Phi) is 22.6. The number of rotatable bonds is 20. The van der Waals surface area contributed by atoms with Gasteiger partial charge in [0.05, 0.1) is 6.10 Å². The van der Waals surface area contributed by atoms with Crippen molar-refractivity contribution in [2.45, 2.75) is 200 Å². The van der Waals surface area contributed by atoms with Crippen molar-refractivity contribution in [2.24, 2.45) is 0 Å². The van der Waals surface area contributed by atoms with Crippen molar-refractivity contribution in [1.82, 2.24) is 0 Å². The molecule has 0 aliphatic carbocycles. The van der Waals surface area contributed by atoms with Crippen LogP contribution < -0.4 is 0 Å². The molecule has 0 saturated carbocycles. The van der Waals surface area contributed by atoms with Crippen molar-refractivity contribution < 1.29 is 143 Å². The standard InChI is InChI=1S/C45H62O30/c1-16-31(73-44-39(67-25(10)54)34(64-22(7)51)30(72-44)15-60-19(4)48)35(74-45-41(69-27(12)56)37(66-24(9)53)33(63-21(6)50)29(71-45)14-59-18(3)47)40(68-26(11)55)43(61-16)75-38-36(65-23(8)52)32(62-20(5)49)28(70-42(38)57)13-58-17(2)46/h16,28-45,57H,13-15H2,1-12H3/t16-,28+,29+,30-,31-,32+,33+,34-,35+,36-,37-,38+,39+,40+,41+,42-,43-,44-,45-/m0/s1. The third kappa shape index (κ3) is 17.7. The Labute approximate surface area is 427 Å². The van der Waals surface area contributed by atoms with E-state index in [2.05, 4.69) is 0 Å². The molecule has 0 aromatic heterocycles. The van der Waals surface area contributed by atoms with E-state index < -0.39 is 202 Å². The van der Waals surface area contributed by atoms with E-state index in [9.17, 15) is 57.8 Å². The van der Waals surface area contributed by atoms with Crippen molar-refractivity contribution in [1.29, 1.82) is 0 Å². The molecule has 0 radical (unpaired) electrons. The first kappa shape index (κ1) is 61.4. The number of hydrogen-bond acceptors (Lipinski definition) is 30. The topological polar surface area (TPSA) is 374 Å². The molecule has 4 heterocycles. The molecule has 0 amide bonds. The maximum atomic E-state index is 13.3. The van der Waals surface area contributed by atoms with Gasteiger partial charge in [0.2, 0.25) is 0 Å². The van der Waals surface area contributed by atoms with Crippen molar-refractivity contribution in [3.8, 4) is 0 Å². The summed E-state index contributed by atoms with van der Waals surface area (Å²) in [5.41, 5.74) is 0. The van der Waals surface area contributed by atoms with E-state index in [4.69, 9.17) is 85.3 Å². The number of esters is 11. The minimum absolute atomic E-state index is 0.594. The maximum absolute atomic E-state index is 13.3. The highest BCUT2D eigenvalue weighted by Gasteiger charge is 2.61. The lowest BCUT2D eigenvalue weighted by Gasteiger charge is -2.50. The lowest BCUT2D eigenvalue weighted by Crippen LogP contribution is -2.68. The average Bonchev–Trinajstić information content (AvgIpc) is 3.57. The normalized spacial score (nSPS) is 34.2. The largest absolute Gasteiger partial charge is 0.463 e. The molecule has 4 fully saturated rings. The van der Waals surface area contributed by atoms with Gasteiger partial charge in [0.25, 0.3) is 0 Å². The molecule has 30 nitrogen and oxygen atoms in total. The summed E-state index contributed by atoms with van der Waals surface area (Å²) < 4.78 is 103. The zero-order valence-corrected chi connectivity index (χ0v) is 42.9. The first-order valence-corrected chi connectivity index (χ1v) is 23.1. The highest BCUT2D eigenvalue weighted by molar-refractivity contribution is 5.70. The van der Waals surface area contributed by atoms with Gasteiger partial charge >= 0.3 is 65.7 Å². The van der Waals surface area contributed by atoms with E-state index in [-0.39, 0.29) is 0 Å². The Bertz CT molecular complexity index is 2090. The van der Waals surface area contributed by atoms with Crippen molar-refractivity contribution in [2.75, 3.05) is 19.8 Å². The zero-order valence-electron chi connectivity index (χ0n) is 42.9. The Balaban J connectivity index is 1.97. The second-order valence-electron chi connectivity index (χ2n) is 17.2. The fourth-order valence-electron chi connectivity index (χ4n) is 8.32. The van der Waals surface area contributed by atoms with Crippen LogP contribution >= 0.6 is 0 Å². The minimum atomic E-state index is -2.17. The van der Waals surface area contributed by atoms with Gasteiger partial charge in [-0.15, -0.1) is 0 Å². The van der Waals surface area contributed by atoms with Crippen LogP contribution in [0.4, 0.5) is 0 Å². The molecule has 0 spiro atoms. The quantitative estimate of drug-likeness (QED) is 0.104. The summed E-state index contributed by atoms with van der Waals surface area (Å²) in [5.74, 6) is -10.5. The lowest BCUT2D eigenvalue weighted by atomic mass is 9.95. The van der Waals surface area contributed by atoms with Crippen LogP contribution in [0.1, 0.15) is 83.1 Å². The van der Waals surface area contributed by atoms with Gasteiger partial charge in [-0.05, 0) is 6.92 Å². The van der Waals surface area contributed by atoms with Crippen LogP contribution in [0.5, 0.6) is 0 Å². The van der Waals surface area contributed by atoms with Gasteiger partial charge in [-0.25, -0.2) is 0 Å². The second kappa shape index (κ2) is 27.6. The van der Waals surface area contributed by atoms with Crippen LogP contribution in [0.3, 0.4) is 0 Å². The molecule has 4 aliphatic rings. The van der Waals surface area contributed by atoms with Crippen LogP contribution in [-0.4, -0.2) is 207 Å². The summed E-state index contributed by atoms with van der Waals surface area (Å²) in [6.45, 7) is 10.3. The van der Waals surface area contributed by atoms with Crippen LogP contribution in [-0.2, 0) is 138 Å². The summed E-state index contributed by atoms with van der Waals surface area (Å²) >= 11 is 0. The Hall–Kier alpha value is -6.15. The Morgan fingerprint density at radius 2 is 0.560 bits per heavy atom. The van der Waals surface area contributed by atoms with Crippen molar-refractivity contribution in [3.05, 3.63) is 0 Å². The number of hydrogen-bond donors (Lipinski definition) is 1. The minimum Gasteiger partial charge on any atom is -0.463 e. The zero-order chi connectivity index (χ0) is 56.2. The van der Waals surface area contributed by atoms with E-state index in [0.717, 1.165) is 76.2 Å². The molecule has 0 aromatic carbocycles. The second-order valence-corrected chi connectivity index (χ2v) is 17.2. The van der Waals surface area contributed by atoms with E-state index in [1.807, 2.05) is 0 Å². The molecule has 0 aromatic rings. The summed E-state index contributed by atoms with van der Waals surface area (Å²) in [7, 11) is 0. The summed E-state index contributed by atoms with van der Waals surface area (Å²) in [6.07, 6.45) is -34.1. The molecule has 1 N–H and O–H groups in total. The molecule has 19 atom stereocenters. The van der Waals surface area contributed by atoms with Gasteiger partial charge in [-0.2, -0.15) is 0 Å². The molecule has 75 heavy (non-hydrogen) atoms. The molecule has 30 heteroatoms. The van der Waals surface area contributed by atoms with Gasteiger partial charge in [-0.1, -0.05) is 0 Å². The monoisotopic (exact) mass is 1080 g/mol. The van der Waals surface area contributed by atoms with Gasteiger partial charge in [0, 0.05) is 76.2 Å². The van der Waals surface area contributed by atoms with Gasteiger partial charge in [0.15, 0.2) is 80.1 Å². The van der Waals surface area contributed by atoms with Crippen LogP contribution in [0.2, 0.25) is 0 Å². The molecule has 4 saturated heterocycles. The SMILES string of the molecule is CC(=O)OC[C@@H]1O[C@@H](O[C@@H]2[C@@H](O[C@@H]3O[C@H](COC(C)=O)[C@@H](OC(C)=O)[C@H](OC(C)=O)[C@H]3OC(C)=O)[C@@H](OC(C)=O)[C@H](O[C@@H]3[C@@H](OC(C)=O)[C@H](OC(C)=O)[C@@H](COC(C)=O)O[C@@H]3O)O[C@H]2C)[C@H](OC(C)=O)[C@H]1OC(C)=O. The predicted molar refractivity (Wildman–Crippen MR) is 231 cm³/mol. The van der Waals surface area contributed by atoms with E-state index in [1.54, 1.807) is 0 Å². The number of aliphatic hydroxyl groups is 1. The Morgan fingerprint density at radius 1 is 0.307 bits per heavy atom. The number of ether oxygens (including phenoxy) is 18. The molecular formula is C45H62O30. The van der Waals surface area contributed by atoms with E-state index in [1.165, 1.54) is 6.92 Å². The number of carbonyl (C=O) groups is 11. The molecule has 0 bridgehead atoms.